The Kier molecular flexibility index (Phi) is 9.60. The summed E-state index contributed by atoms with van der Waals surface area (Å²) in [5.74, 6) is -0.264. The molecule has 47 heavy (non-hydrogen) atoms. The molecule has 0 saturated carbocycles. The summed E-state index contributed by atoms with van der Waals surface area (Å²) in [6.45, 7) is 4.49. The summed E-state index contributed by atoms with van der Waals surface area (Å²) in [4.78, 5) is 24.0. The minimum atomic E-state index is -0.508. The van der Waals surface area contributed by atoms with E-state index in [4.69, 9.17) is 14.2 Å². The Morgan fingerprint density at radius 1 is 0.830 bits per heavy atom. The fraction of sp³-hybridized carbons (Fsp3) is 0.289. The third-order valence-corrected chi connectivity index (χ3v) is 8.76. The van der Waals surface area contributed by atoms with Crippen molar-refractivity contribution in [3.63, 3.8) is 0 Å². The van der Waals surface area contributed by atoms with Crippen LogP contribution in [0.5, 0.6) is 0 Å². The molecule has 0 bridgehead atoms. The van der Waals surface area contributed by atoms with E-state index < -0.39 is 6.29 Å². The molecule has 3 heterocycles. The molecule has 0 radical (unpaired) electrons. The van der Waals surface area contributed by atoms with Crippen molar-refractivity contribution in [3.8, 4) is 11.1 Å². The number of aliphatic hydroxyl groups is 1. The molecular formula is C38H38N4O5. The summed E-state index contributed by atoms with van der Waals surface area (Å²) in [6, 6.07) is 31.9. The van der Waals surface area contributed by atoms with E-state index in [1.807, 2.05) is 60.7 Å². The lowest BCUT2D eigenvalue weighted by atomic mass is 9.99. The quantitative estimate of drug-likeness (QED) is 0.217. The van der Waals surface area contributed by atoms with Crippen LogP contribution >= 0.6 is 0 Å². The minimum absolute atomic E-state index is 0.00141. The number of hydrogen-bond donors (Lipinski definition) is 2. The van der Waals surface area contributed by atoms with Crippen molar-refractivity contribution in [2.24, 2.45) is 0 Å². The van der Waals surface area contributed by atoms with Crippen molar-refractivity contribution in [2.75, 3.05) is 32.8 Å². The Morgan fingerprint density at radius 2 is 1.60 bits per heavy atom. The molecule has 2 saturated heterocycles. The van der Waals surface area contributed by atoms with Crippen LogP contribution < -0.4 is 5.32 Å². The van der Waals surface area contributed by atoms with Gasteiger partial charge in [0, 0.05) is 38.2 Å². The van der Waals surface area contributed by atoms with Gasteiger partial charge in [0.05, 0.1) is 49.3 Å². The number of fused-ring (bicyclic) bond motifs is 1. The molecule has 0 spiro atoms. The second-order valence-electron chi connectivity index (χ2n) is 12.0. The number of aliphatic hydroxyl groups excluding tert-OH is 1. The topological polar surface area (TPSA) is 106 Å². The average molecular weight is 631 g/mol. The maximum absolute atomic E-state index is 12.8. The van der Waals surface area contributed by atoms with E-state index in [9.17, 15) is 9.90 Å². The number of carbonyl (C=O) groups is 1. The largest absolute Gasteiger partial charge is 0.392 e. The predicted octanol–water partition coefficient (Wildman–Crippen LogP) is 5.60. The zero-order valence-electron chi connectivity index (χ0n) is 26.1. The highest BCUT2D eigenvalue weighted by Crippen LogP contribution is 2.38. The van der Waals surface area contributed by atoms with E-state index in [-0.39, 0.29) is 24.7 Å². The molecule has 2 fully saturated rings. The van der Waals surface area contributed by atoms with Gasteiger partial charge in [0.15, 0.2) is 6.29 Å². The molecular weight excluding hydrogens is 592 g/mol. The zero-order valence-corrected chi connectivity index (χ0v) is 26.1. The molecule has 0 aliphatic carbocycles. The number of morpholine rings is 1. The fourth-order valence-corrected chi connectivity index (χ4v) is 6.14. The van der Waals surface area contributed by atoms with Gasteiger partial charge in [-0.15, -0.1) is 0 Å². The summed E-state index contributed by atoms with van der Waals surface area (Å²) in [6.07, 6.45) is 1.63. The number of rotatable bonds is 9. The molecule has 3 atom stereocenters. The number of ether oxygens (including phenoxy) is 3. The number of aromatic nitrogens is 2. The number of benzene rings is 4. The van der Waals surface area contributed by atoms with Crippen LogP contribution in [-0.4, -0.2) is 64.8 Å². The highest BCUT2D eigenvalue weighted by atomic mass is 16.7. The summed E-state index contributed by atoms with van der Waals surface area (Å²) in [5.41, 5.74) is 7.73. The highest BCUT2D eigenvalue weighted by Gasteiger charge is 2.33. The lowest BCUT2D eigenvalue weighted by Crippen LogP contribution is -2.44. The zero-order chi connectivity index (χ0) is 32.0. The summed E-state index contributed by atoms with van der Waals surface area (Å²) < 4.78 is 18.7. The van der Waals surface area contributed by atoms with Crippen LogP contribution in [0.2, 0.25) is 0 Å². The second kappa shape index (κ2) is 14.5. The SMILES string of the molecule is O=C(NCc1cccc(-c2ccc([C@@H]3O[C@H](CN4CCOCC4)C[C@H](c4ccc(CO)cc4)O3)cc2)c1)c1cnc2ccccc2n1. The molecule has 240 valence electrons. The van der Waals surface area contributed by atoms with E-state index in [0.29, 0.717) is 17.8 Å². The molecule has 5 aromatic rings. The number of carbonyl (C=O) groups excluding carboxylic acids is 1. The monoisotopic (exact) mass is 630 g/mol. The van der Waals surface area contributed by atoms with Crippen LogP contribution in [0.3, 0.4) is 0 Å². The van der Waals surface area contributed by atoms with Crippen molar-refractivity contribution >= 4 is 16.9 Å². The lowest BCUT2D eigenvalue weighted by molar-refractivity contribution is -0.253. The van der Waals surface area contributed by atoms with E-state index in [1.54, 1.807) is 0 Å². The van der Waals surface area contributed by atoms with Gasteiger partial charge >= 0.3 is 0 Å². The van der Waals surface area contributed by atoms with E-state index in [0.717, 1.165) is 78.2 Å². The molecule has 2 N–H and O–H groups in total. The van der Waals surface area contributed by atoms with Crippen LogP contribution in [0.1, 0.15) is 51.6 Å². The molecule has 7 rings (SSSR count). The minimum Gasteiger partial charge on any atom is -0.392 e. The number of nitrogens with zero attached hydrogens (tertiary/aromatic N) is 3. The first kappa shape index (κ1) is 31.1. The van der Waals surface area contributed by atoms with Crippen LogP contribution in [0, 0.1) is 0 Å². The standard InChI is InChI=1S/C38H38N4O5/c43-25-26-8-10-29(11-9-26)36-21-32(24-42-16-18-45-19-17-42)46-38(47-36)30-14-12-28(13-15-30)31-5-3-4-27(20-31)22-40-37(44)35-23-39-33-6-1-2-7-34(33)41-35/h1-15,20,23,32,36,38,43H,16-19,21-22,24-25H2,(H,40,44)/t32-,36+,38+/m0/s1. The Bertz CT molecular complexity index is 1810. The van der Waals surface area contributed by atoms with Gasteiger partial charge in [-0.25, -0.2) is 4.98 Å². The number of nitrogens with one attached hydrogen (secondary N) is 1. The molecule has 4 aromatic carbocycles. The van der Waals surface area contributed by atoms with Crippen LogP contribution in [0.25, 0.3) is 22.2 Å². The molecule has 0 unspecified atom stereocenters. The van der Waals surface area contributed by atoms with Crippen molar-refractivity contribution in [2.45, 2.75) is 38.1 Å². The van der Waals surface area contributed by atoms with Crippen molar-refractivity contribution in [1.82, 2.24) is 20.2 Å². The molecule has 2 aliphatic heterocycles. The van der Waals surface area contributed by atoms with Crippen molar-refractivity contribution in [3.05, 3.63) is 131 Å². The molecule has 2 aliphatic rings. The first-order chi connectivity index (χ1) is 23.1. The summed E-state index contributed by atoms with van der Waals surface area (Å²) in [7, 11) is 0. The maximum Gasteiger partial charge on any atom is 0.271 e. The normalized spacial score (nSPS) is 20.2. The number of hydrogen-bond acceptors (Lipinski definition) is 8. The Balaban J connectivity index is 1.03. The number of amides is 1. The number of para-hydroxylation sites is 2. The lowest BCUT2D eigenvalue weighted by Gasteiger charge is -2.39. The third-order valence-electron chi connectivity index (χ3n) is 8.76. The van der Waals surface area contributed by atoms with E-state index >= 15 is 0 Å². The Morgan fingerprint density at radius 3 is 2.38 bits per heavy atom. The molecule has 1 aromatic heterocycles. The first-order valence-electron chi connectivity index (χ1n) is 16.1. The van der Waals surface area contributed by atoms with Gasteiger partial charge in [-0.05, 0) is 46.0 Å². The molecule has 9 nitrogen and oxygen atoms in total. The van der Waals surface area contributed by atoms with Crippen LogP contribution in [0.4, 0.5) is 0 Å². The van der Waals surface area contributed by atoms with E-state index in [2.05, 4.69) is 56.6 Å². The predicted molar refractivity (Wildman–Crippen MR) is 178 cm³/mol. The smallest absolute Gasteiger partial charge is 0.271 e. The van der Waals surface area contributed by atoms with Crippen LogP contribution in [-0.2, 0) is 27.4 Å². The van der Waals surface area contributed by atoms with Gasteiger partial charge in [0.25, 0.3) is 5.91 Å². The van der Waals surface area contributed by atoms with Gasteiger partial charge in [-0.3, -0.25) is 14.7 Å². The fourth-order valence-electron chi connectivity index (χ4n) is 6.14. The van der Waals surface area contributed by atoms with Gasteiger partial charge in [-0.2, -0.15) is 0 Å². The van der Waals surface area contributed by atoms with Crippen LogP contribution in [0.15, 0.2) is 103 Å². The van der Waals surface area contributed by atoms with Gasteiger partial charge in [-0.1, -0.05) is 78.9 Å². The van der Waals surface area contributed by atoms with Crippen molar-refractivity contribution in [1.29, 1.82) is 0 Å². The molecule has 1 amide bonds. The van der Waals surface area contributed by atoms with E-state index in [1.165, 1.54) is 6.20 Å². The molecule has 9 heteroatoms. The Labute approximate surface area is 274 Å². The van der Waals surface area contributed by atoms with Gasteiger partial charge in [0.1, 0.15) is 5.69 Å². The Hall–Kier alpha value is -4.51. The summed E-state index contributed by atoms with van der Waals surface area (Å²) >= 11 is 0. The highest BCUT2D eigenvalue weighted by molar-refractivity contribution is 5.93. The maximum atomic E-state index is 12.8. The second-order valence-corrected chi connectivity index (χ2v) is 12.0. The van der Waals surface area contributed by atoms with Gasteiger partial charge in [0.2, 0.25) is 0 Å². The van der Waals surface area contributed by atoms with Crippen molar-refractivity contribution < 1.29 is 24.1 Å². The third kappa shape index (κ3) is 7.56. The van der Waals surface area contributed by atoms with Gasteiger partial charge < -0.3 is 24.6 Å². The summed E-state index contributed by atoms with van der Waals surface area (Å²) in [5, 5.41) is 12.5. The first-order valence-corrected chi connectivity index (χ1v) is 16.1. The average Bonchev–Trinajstić information content (AvgIpc) is 3.14.